The Bertz CT molecular complexity index is 722. The Labute approximate surface area is 140 Å². The maximum atomic E-state index is 13.3. The van der Waals surface area contributed by atoms with Gasteiger partial charge < -0.3 is 9.26 Å². The van der Waals surface area contributed by atoms with Crippen LogP contribution in [0.1, 0.15) is 37.5 Å². The molecule has 0 spiro atoms. The molecular weight excluding hydrogens is 309 g/mol. The number of hydrogen-bond acceptors (Lipinski definition) is 5. The molecule has 5 nitrogen and oxygen atoms in total. The summed E-state index contributed by atoms with van der Waals surface area (Å²) in [7, 11) is 0. The van der Waals surface area contributed by atoms with Crippen molar-refractivity contribution in [2.24, 2.45) is 5.41 Å². The zero-order valence-corrected chi connectivity index (χ0v) is 14.1. The summed E-state index contributed by atoms with van der Waals surface area (Å²) in [5, 5.41) is 4.18. The number of morpholine rings is 1. The Balaban J connectivity index is 1.60. The van der Waals surface area contributed by atoms with Crippen LogP contribution in [0.5, 0.6) is 0 Å². The zero-order valence-electron chi connectivity index (χ0n) is 14.1. The van der Waals surface area contributed by atoms with Crippen molar-refractivity contribution in [2.45, 2.75) is 32.2 Å². The van der Waals surface area contributed by atoms with Gasteiger partial charge in [0, 0.05) is 13.1 Å². The third-order valence-corrected chi connectivity index (χ3v) is 5.38. The minimum atomic E-state index is -0.309. The van der Waals surface area contributed by atoms with E-state index < -0.39 is 0 Å². The molecule has 4 rings (SSSR count). The first-order valence-electron chi connectivity index (χ1n) is 8.40. The van der Waals surface area contributed by atoms with Crippen molar-refractivity contribution in [3.63, 3.8) is 0 Å². The molecule has 1 aliphatic heterocycles. The first-order valence-corrected chi connectivity index (χ1v) is 8.40. The van der Waals surface area contributed by atoms with Crippen molar-refractivity contribution in [1.82, 2.24) is 15.0 Å². The summed E-state index contributed by atoms with van der Waals surface area (Å²) in [5.41, 5.74) is 0.750. The molecule has 6 heteroatoms. The second kappa shape index (κ2) is 5.63. The van der Waals surface area contributed by atoms with Gasteiger partial charge in [0.2, 0.25) is 5.89 Å². The van der Waals surface area contributed by atoms with Gasteiger partial charge in [-0.05, 0) is 29.5 Å². The summed E-state index contributed by atoms with van der Waals surface area (Å²) >= 11 is 0. The third kappa shape index (κ3) is 2.54. The highest BCUT2D eigenvalue weighted by molar-refractivity contribution is 5.43. The molecule has 1 aromatic heterocycles. The van der Waals surface area contributed by atoms with Gasteiger partial charge in [0.05, 0.1) is 25.2 Å². The van der Waals surface area contributed by atoms with Crippen LogP contribution in [-0.4, -0.2) is 41.3 Å². The van der Waals surface area contributed by atoms with E-state index in [1.807, 2.05) is 12.1 Å². The molecule has 2 aromatic rings. The number of benzene rings is 1. The van der Waals surface area contributed by atoms with Crippen molar-refractivity contribution in [3.05, 3.63) is 47.4 Å². The van der Waals surface area contributed by atoms with Crippen LogP contribution in [0, 0.1) is 11.2 Å². The SMILES string of the molecule is CC1(C)C[C@]1(c1ccc(F)cc1)c1nc(CN2CCOCC2)no1. The van der Waals surface area contributed by atoms with Gasteiger partial charge in [-0.2, -0.15) is 4.98 Å². The predicted octanol–water partition coefficient (Wildman–Crippen LogP) is 2.76. The van der Waals surface area contributed by atoms with Gasteiger partial charge in [-0.25, -0.2) is 4.39 Å². The van der Waals surface area contributed by atoms with E-state index in [0.717, 1.165) is 38.3 Å². The normalized spacial score (nSPS) is 26.5. The lowest BCUT2D eigenvalue weighted by Gasteiger charge is -2.24. The number of hydrogen-bond donors (Lipinski definition) is 0. The van der Waals surface area contributed by atoms with Gasteiger partial charge in [0.25, 0.3) is 0 Å². The van der Waals surface area contributed by atoms with Crippen LogP contribution in [0.4, 0.5) is 4.39 Å². The number of rotatable bonds is 4. The van der Waals surface area contributed by atoms with Crippen LogP contribution in [0.25, 0.3) is 0 Å². The lowest BCUT2D eigenvalue weighted by atomic mass is 9.87. The Morgan fingerprint density at radius 3 is 2.46 bits per heavy atom. The minimum absolute atomic E-state index is 0.0214. The lowest BCUT2D eigenvalue weighted by Crippen LogP contribution is -2.36. The maximum absolute atomic E-state index is 13.3. The van der Waals surface area contributed by atoms with E-state index in [9.17, 15) is 4.39 Å². The highest BCUT2D eigenvalue weighted by Gasteiger charge is 2.66. The van der Waals surface area contributed by atoms with E-state index in [-0.39, 0.29) is 16.6 Å². The summed E-state index contributed by atoms with van der Waals surface area (Å²) in [6.45, 7) is 8.31. The summed E-state index contributed by atoms with van der Waals surface area (Å²) < 4.78 is 24.3. The molecule has 1 atom stereocenters. The molecule has 1 aliphatic carbocycles. The Morgan fingerprint density at radius 2 is 1.83 bits per heavy atom. The maximum Gasteiger partial charge on any atom is 0.237 e. The molecular formula is C18H22FN3O2. The van der Waals surface area contributed by atoms with Gasteiger partial charge in [-0.15, -0.1) is 0 Å². The molecule has 2 fully saturated rings. The van der Waals surface area contributed by atoms with E-state index in [2.05, 4.69) is 28.9 Å². The summed E-state index contributed by atoms with van der Waals surface area (Å²) in [4.78, 5) is 6.94. The van der Waals surface area contributed by atoms with Crippen molar-refractivity contribution >= 4 is 0 Å². The topological polar surface area (TPSA) is 51.4 Å². The lowest BCUT2D eigenvalue weighted by molar-refractivity contribution is 0.0327. The molecule has 1 saturated heterocycles. The highest BCUT2D eigenvalue weighted by Crippen LogP contribution is 2.67. The smallest absolute Gasteiger partial charge is 0.237 e. The predicted molar refractivity (Wildman–Crippen MR) is 86.0 cm³/mol. The first kappa shape index (κ1) is 15.7. The van der Waals surface area contributed by atoms with Crippen molar-refractivity contribution in [3.8, 4) is 0 Å². The summed E-state index contributed by atoms with van der Waals surface area (Å²) in [5.74, 6) is 1.12. The Morgan fingerprint density at radius 1 is 1.17 bits per heavy atom. The molecule has 0 amide bonds. The van der Waals surface area contributed by atoms with E-state index >= 15 is 0 Å². The molecule has 1 aromatic carbocycles. The summed E-state index contributed by atoms with van der Waals surface area (Å²) in [6, 6.07) is 6.65. The molecule has 24 heavy (non-hydrogen) atoms. The fourth-order valence-electron chi connectivity index (χ4n) is 3.79. The van der Waals surface area contributed by atoms with Gasteiger partial charge in [0.15, 0.2) is 5.82 Å². The molecule has 0 N–H and O–H groups in total. The molecule has 128 valence electrons. The molecule has 2 heterocycles. The average molecular weight is 331 g/mol. The van der Waals surface area contributed by atoms with Crippen LogP contribution in [0.3, 0.4) is 0 Å². The minimum Gasteiger partial charge on any atom is -0.379 e. The number of ether oxygens (including phenoxy) is 1. The largest absolute Gasteiger partial charge is 0.379 e. The molecule has 0 bridgehead atoms. The molecule has 2 aliphatic rings. The van der Waals surface area contributed by atoms with E-state index in [1.165, 1.54) is 12.1 Å². The van der Waals surface area contributed by atoms with Crippen LogP contribution in [-0.2, 0) is 16.7 Å². The monoisotopic (exact) mass is 331 g/mol. The van der Waals surface area contributed by atoms with E-state index in [0.29, 0.717) is 18.3 Å². The second-order valence-corrected chi connectivity index (χ2v) is 7.38. The van der Waals surface area contributed by atoms with Crippen LogP contribution >= 0.6 is 0 Å². The Hall–Kier alpha value is -1.79. The summed E-state index contributed by atoms with van der Waals surface area (Å²) in [6.07, 6.45) is 0.921. The number of halogens is 1. The molecule has 0 radical (unpaired) electrons. The van der Waals surface area contributed by atoms with Crippen LogP contribution < -0.4 is 0 Å². The van der Waals surface area contributed by atoms with E-state index in [1.54, 1.807) is 0 Å². The van der Waals surface area contributed by atoms with Crippen molar-refractivity contribution in [2.75, 3.05) is 26.3 Å². The molecule has 0 unspecified atom stereocenters. The highest BCUT2D eigenvalue weighted by atomic mass is 19.1. The van der Waals surface area contributed by atoms with Crippen LogP contribution in [0.2, 0.25) is 0 Å². The van der Waals surface area contributed by atoms with E-state index in [4.69, 9.17) is 9.26 Å². The fourth-order valence-corrected chi connectivity index (χ4v) is 3.79. The van der Waals surface area contributed by atoms with Crippen LogP contribution in [0.15, 0.2) is 28.8 Å². The van der Waals surface area contributed by atoms with Gasteiger partial charge in [-0.1, -0.05) is 31.1 Å². The Kier molecular flexibility index (Phi) is 3.69. The first-order chi connectivity index (χ1) is 11.5. The van der Waals surface area contributed by atoms with Gasteiger partial charge in [0.1, 0.15) is 5.82 Å². The zero-order chi connectivity index (χ0) is 16.8. The van der Waals surface area contributed by atoms with Gasteiger partial charge >= 0.3 is 0 Å². The number of nitrogens with zero attached hydrogens (tertiary/aromatic N) is 3. The standard InChI is InChI=1S/C18H22FN3O2/c1-17(2)12-18(17,13-3-5-14(19)6-4-13)16-20-15(21-24-16)11-22-7-9-23-10-8-22/h3-6H,7-12H2,1-2H3/t18-/m0/s1. The van der Waals surface area contributed by atoms with Gasteiger partial charge in [-0.3, -0.25) is 4.90 Å². The number of aromatic nitrogens is 2. The van der Waals surface area contributed by atoms with Crippen molar-refractivity contribution < 1.29 is 13.7 Å². The van der Waals surface area contributed by atoms with Crippen molar-refractivity contribution in [1.29, 1.82) is 0 Å². The molecule has 1 saturated carbocycles. The second-order valence-electron chi connectivity index (χ2n) is 7.38. The third-order valence-electron chi connectivity index (χ3n) is 5.38. The fraction of sp³-hybridized carbons (Fsp3) is 0.556. The quantitative estimate of drug-likeness (QED) is 0.862. The average Bonchev–Trinajstić information content (AvgIpc) is 2.92.